The molecule has 2 aromatic rings. The highest BCUT2D eigenvalue weighted by Gasteiger charge is 2.04. The van der Waals surface area contributed by atoms with Crippen LogP contribution in [0.3, 0.4) is 0 Å². The minimum absolute atomic E-state index is 0.230. The molecule has 0 amide bonds. The van der Waals surface area contributed by atoms with Crippen molar-refractivity contribution in [2.75, 3.05) is 14.1 Å². The molecule has 122 valence electrons. The Morgan fingerprint density at radius 1 is 0.957 bits per heavy atom. The summed E-state index contributed by atoms with van der Waals surface area (Å²) < 4.78 is 12.9. The van der Waals surface area contributed by atoms with E-state index >= 15 is 0 Å². The van der Waals surface area contributed by atoms with Crippen molar-refractivity contribution in [3.05, 3.63) is 71.0 Å². The van der Waals surface area contributed by atoms with Crippen LogP contribution in [0.5, 0.6) is 0 Å². The van der Waals surface area contributed by atoms with Crippen molar-refractivity contribution in [2.45, 2.75) is 19.6 Å². The van der Waals surface area contributed by atoms with E-state index in [1.807, 2.05) is 12.1 Å². The molecule has 0 bridgehead atoms. The number of nitrogens with zero attached hydrogens (tertiary/aromatic N) is 1. The van der Waals surface area contributed by atoms with E-state index in [4.69, 9.17) is 12.2 Å². The number of rotatable bonds is 6. The van der Waals surface area contributed by atoms with E-state index in [0.717, 1.165) is 12.1 Å². The average Bonchev–Trinajstić information content (AvgIpc) is 2.53. The lowest BCUT2D eigenvalue weighted by Crippen LogP contribution is -2.34. The van der Waals surface area contributed by atoms with Crippen LogP contribution in [0.15, 0.2) is 48.5 Å². The van der Waals surface area contributed by atoms with Crippen molar-refractivity contribution in [1.82, 2.24) is 15.5 Å². The predicted molar refractivity (Wildman–Crippen MR) is 96.5 cm³/mol. The van der Waals surface area contributed by atoms with Crippen molar-refractivity contribution in [3.63, 3.8) is 0 Å². The highest BCUT2D eigenvalue weighted by molar-refractivity contribution is 7.80. The van der Waals surface area contributed by atoms with Gasteiger partial charge in [-0.15, -0.1) is 0 Å². The molecular formula is C18H22FN3S. The van der Waals surface area contributed by atoms with Crippen LogP contribution in [-0.4, -0.2) is 24.1 Å². The molecule has 3 nitrogen and oxygen atoms in total. The van der Waals surface area contributed by atoms with Crippen LogP contribution in [0.1, 0.15) is 16.7 Å². The summed E-state index contributed by atoms with van der Waals surface area (Å²) in [4.78, 5) is 2.14. The minimum atomic E-state index is -0.230. The van der Waals surface area contributed by atoms with Gasteiger partial charge in [0.05, 0.1) is 0 Å². The number of hydrogen-bond donors (Lipinski definition) is 2. The number of hydrogen-bond acceptors (Lipinski definition) is 2. The normalized spacial score (nSPS) is 10.6. The average molecular weight is 331 g/mol. The van der Waals surface area contributed by atoms with Gasteiger partial charge in [0.2, 0.25) is 0 Å². The largest absolute Gasteiger partial charge is 0.359 e. The molecule has 2 rings (SSSR count). The van der Waals surface area contributed by atoms with E-state index in [1.54, 1.807) is 12.1 Å². The fourth-order valence-corrected chi connectivity index (χ4v) is 2.39. The minimum Gasteiger partial charge on any atom is -0.359 e. The molecule has 0 aromatic heterocycles. The molecule has 23 heavy (non-hydrogen) atoms. The Bertz CT molecular complexity index is 641. The molecule has 0 radical (unpaired) electrons. The first-order chi connectivity index (χ1) is 11.0. The number of halogens is 1. The lowest BCUT2D eigenvalue weighted by molar-refractivity contribution is 0.400. The zero-order valence-corrected chi connectivity index (χ0v) is 14.3. The van der Waals surface area contributed by atoms with Gasteiger partial charge in [-0.3, -0.25) is 0 Å². The molecule has 0 saturated heterocycles. The monoisotopic (exact) mass is 331 g/mol. The van der Waals surface area contributed by atoms with Gasteiger partial charge in [0.25, 0.3) is 0 Å². The van der Waals surface area contributed by atoms with E-state index < -0.39 is 0 Å². The van der Waals surface area contributed by atoms with Crippen LogP contribution in [0, 0.1) is 5.82 Å². The van der Waals surface area contributed by atoms with Gasteiger partial charge in [0, 0.05) is 19.6 Å². The maximum atomic E-state index is 12.9. The highest BCUT2D eigenvalue weighted by Crippen LogP contribution is 2.10. The zero-order chi connectivity index (χ0) is 16.7. The first-order valence-corrected chi connectivity index (χ1v) is 7.93. The molecular weight excluding hydrogens is 309 g/mol. The van der Waals surface area contributed by atoms with Crippen LogP contribution in [0.4, 0.5) is 4.39 Å². The molecule has 0 atom stereocenters. The second-order valence-corrected chi connectivity index (χ2v) is 6.08. The predicted octanol–water partition coefficient (Wildman–Crippen LogP) is 3.05. The summed E-state index contributed by atoms with van der Waals surface area (Å²) in [5, 5.41) is 6.95. The Labute approximate surface area is 142 Å². The molecule has 2 N–H and O–H groups in total. The van der Waals surface area contributed by atoms with Crippen molar-refractivity contribution >= 4 is 17.3 Å². The summed E-state index contributed by atoms with van der Waals surface area (Å²) in [5.41, 5.74) is 3.50. The van der Waals surface area contributed by atoms with E-state index in [2.05, 4.69) is 41.8 Å². The standard InChI is InChI=1S/C18H22FN3S/c1-22(2)13-16-6-4-3-5-15(16)12-21-18(23)20-11-14-7-9-17(19)10-8-14/h3-10H,11-13H2,1-2H3,(H2,20,21,23). The Kier molecular flexibility index (Phi) is 6.50. The molecule has 0 spiro atoms. The zero-order valence-electron chi connectivity index (χ0n) is 13.5. The van der Waals surface area contributed by atoms with Crippen LogP contribution in [0.25, 0.3) is 0 Å². The SMILES string of the molecule is CN(C)Cc1ccccc1CNC(=S)NCc1ccc(F)cc1. The summed E-state index contributed by atoms with van der Waals surface area (Å²) >= 11 is 5.30. The Morgan fingerprint density at radius 3 is 2.22 bits per heavy atom. The van der Waals surface area contributed by atoms with Crippen LogP contribution < -0.4 is 10.6 Å². The lowest BCUT2D eigenvalue weighted by atomic mass is 10.1. The lowest BCUT2D eigenvalue weighted by Gasteiger charge is -2.16. The number of thiocarbonyl (C=S) groups is 1. The molecule has 5 heteroatoms. The van der Waals surface area contributed by atoms with Crippen molar-refractivity contribution < 1.29 is 4.39 Å². The highest BCUT2D eigenvalue weighted by atomic mass is 32.1. The molecule has 0 saturated carbocycles. The molecule has 0 unspecified atom stereocenters. The van der Waals surface area contributed by atoms with Gasteiger partial charge in [-0.25, -0.2) is 4.39 Å². The van der Waals surface area contributed by atoms with Gasteiger partial charge < -0.3 is 15.5 Å². The Morgan fingerprint density at radius 2 is 1.57 bits per heavy atom. The second kappa shape index (κ2) is 8.60. The molecule has 0 aliphatic carbocycles. The number of benzene rings is 2. The molecule has 2 aromatic carbocycles. The first kappa shape index (κ1) is 17.4. The molecule has 0 heterocycles. The molecule has 0 aliphatic heterocycles. The quantitative estimate of drug-likeness (QED) is 0.796. The summed E-state index contributed by atoms with van der Waals surface area (Å²) in [5.74, 6) is -0.230. The van der Waals surface area contributed by atoms with Gasteiger partial charge in [-0.2, -0.15) is 0 Å². The Balaban J connectivity index is 1.83. The van der Waals surface area contributed by atoms with Crippen molar-refractivity contribution in [1.29, 1.82) is 0 Å². The van der Waals surface area contributed by atoms with Gasteiger partial charge in [0.1, 0.15) is 5.82 Å². The van der Waals surface area contributed by atoms with Crippen molar-refractivity contribution in [2.24, 2.45) is 0 Å². The van der Waals surface area contributed by atoms with Crippen LogP contribution >= 0.6 is 12.2 Å². The third-order valence-corrected chi connectivity index (χ3v) is 3.70. The number of nitrogens with one attached hydrogen (secondary N) is 2. The maximum absolute atomic E-state index is 12.9. The summed E-state index contributed by atoms with van der Waals surface area (Å²) in [7, 11) is 4.11. The van der Waals surface area contributed by atoms with E-state index in [-0.39, 0.29) is 5.82 Å². The second-order valence-electron chi connectivity index (χ2n) is 5.67. The summed E-state index contributed by atoms with van der Waals surface area (Å²) in [6.07, 6.45) is 0. The third kappa shape index (κ3) is 5.96. The topological polar surface area (TPSA) is 27.3 Å². The van der Waals surface area contributed by atoms with Gasteiger partial charge >= 0.3 is 0 Å². The van der Waals surface area contributed by atoms with Crippen LogP contribution in [-0.2, 0) is 19.6 Å². The summed E-state index contributed by atoms with van der Waals surface area (Å²) in [6, 6.07) is 14.7. The third-order valence-electron chi connectivity index (χ3n) is 3.41. The smallest absolute Gasteiger partial charge is 0.166 e. The molecule has 0 aliphatic rings. The fraction of sp³-hybridized carbons (Fsp3) is 0.278. The Hall–Kier alpha value is -1.98. The van der Waals surface area contributed by atoms with Gasteiger partial charge in [-0.1, -0.05) is 36.4 Å². The van der Waals surface area contributed by atoms with Gasteiger partial charge in [0.15, 0.2) is 5.11 Å². The van der Waals surface area contributed by atoms with Gasteiger partial charge in [-0.05, 0) is 55.1 Å². The first-order valence-electron chi connectivity index (χ1n) is 7.52. The van der Waals surface area contributed by atoms with Crippen LogP contribution in [0.2, 0.25) is 0 Å². The summed E-state index contributed by atoms with van der Waals surface area (Å²) in [6.45, 7) is 2.15. The van der Waals surface area contributed by atoms with E-state index in [0.29, 0.717) is 18.2 Å². The maximum Gasteiger partial charge on any atom is 0.166 e. The van der Waals surface area contributed by atoms with E-state index in [9.17, 15) is 4.39 Å². The van der Waals surface area contributed by atoms with Crippen molar-refractivity contribution in [3.8, 4) is 0 Å². The fourth-order valence-electron chi connectivity index (χ4n) is 2.25. The van der Waals surface area contributed by atoms with E-state index in [1.165, 1.54) is 23.3 Å². The molecule has 0 fully saturated rings.